The topological polar surface area (TPSA) is 112 Å². The molecule has 0 spiro atoms. The van der Waals surface area contributed by atoms with E-state index in [9.17, 15) is 9.59 Å². The number of benzene rings is 1. The zero-order chi connectivity index (χ0) is 18.6. The summed E-state index contributed by atoms with van der Waals surface area (Å²) in [6.07, 6.45) is 0.293. The van der Waals surface area contributed by atoms with Crippen molar-refractivity contribution in [2.75, 3.05) is 13.7 Å². The van der Waals surface area contributed by atoms with Crippen LogP contribution in [0, 0.1) is 20.8 Å². The molecule has 0 bridgehead atoms. The molecule has 0 saturated carbocycles. The number of amides is 2. The Morgan fingerprint density at radius 1 is 1.28 bits per heavy atom. The lowest BCUT2D eigenvalue weighted by atomic mass is 10.1. The van der Waals surface area contributed by atoms with Gasteiger partial charge in [-0.05, 0) is 38.8 Å². The van der Waals surface area contributed by atoms with Crippen LogP contribution >= 0.6 is 0 Å². The molecule has 1 unspecified atom stereocenters. The molecule has 1 aromatic carbocycles. The minimum atomic E-state index is -0.821. The number of primary amides is 1. The summed E-state index contributed by atoms with van der Waals surface area (Å²) in [5, 5.41) is 11.2. The van der Waals surface area contributed by atoms with Crippen LogP contribution in [0.5, 0.6) is 0 Å². The summed E-state index contributed by atoms with van der Waals surface area (Å²) in [5.74, 6) is -1.11. The second-order valence-corrected chi connectivity index (χ2v) is 5.92. The fraction of sp³-hybridized carbons (Fsp3) is 0.412. The molecule has 1 aromatic heterocycles. The lowest BCUT2D eigenvalue weighted by Crippen LogP contribution is -2.45. The second-order valence-electron chi connectivity index (χ2n) is 5.92. The van der Waals surface area contributed by atoms with Gasteiger partial charge in [0.15, 0.2) is 5.69 Å². The highest BCUT2D eigenvalue weighted by molar-refractivity contribution is 5.96. The van der Waals surface area contributed by atoms with Crippen molar-refractivity contribution in [1.82, 2.24) is 20.3 Å². The smallest absolute Gasteiger partial charge is 0.274 e. The molecule has 0 radical (unpaired) electrons. The third-order valence-corrected chi connectivity index (χ3v) is 3.82. The lowest BCUT2D eigenvalue weighted by Gasteiger charge is -2.14. The van der Waals surface area contributed by atoms with Crippen LogP contribution in [0.1, 0.15) is 33.7 Å². The van der Waals surface area contributed by atoms with Crippen molar-refractivity contribution < 1.29 is 14.3 Å². The second kappa shape index (κ2) is 7.89. The Hall–Kier alpha value is -2.74. The van der Waals surface area contributed by atoms with Crippen molar-refractivity contribution in [3.05, 3.63) is 40.7 Å². The van der Waals surface area contributed by atoms with Gasteiger partial charge in [0.05, 0.1) is 11.4 Å². The van der Waals surface area contributed by atoms with Crippen LogP contribution in [0.15, 0.2) is 18.2 Å². The summed E-state index contributed by atoms with van der Waals surface area (Å²) in [6.45, 7) is 5.95. The minimum Gasteiger partial charge on any atom is -0.385 e. The number of carbonyl (C=O) groups excluding carboxylic acids is 2. The van der Waals surface area contributed by atoms with E-state index >= 15 is 0 Å². The van der Waals surface area contributed by atoms with E-state index in [0.717, 1.165) is 16.8 Å². The zero-order valence-electron chi connectivity index (χ0n) is 14.9. The third kappa shape index (κ3) is 4.42. The highest BCUT2D eigenvalue weighted by atomic mass is 16.5. The van der Waals surface area contributed by atoms with Crippen molar-refractivity contribution in [2.24, 2.45) is 5.73 Å². The maximum atomic E-state index is 12.5. The molecule has 3 N–H and O–H groups in total. The number of ether oxygens (including phenoxy) is 1. The van der Waals surface area contributed by atoms with Gasteiger partial charge in [-0.3, -0.25) is 9.59 Å². The van der Waals surface area contributed by atoms with Crippen LogP contribution in [0.4, 0.5) is 0 Å². The highest BCUT2D eigenvalue weighted by Gasteiger charge is 2.23. The Bertz CT molecular complexity index is 785. The lowest BCUT2D eigenvalue weighted by molar-refractivity contribution is -0.120. The van der Waals surface area contributed by atoms with E-state index in [0.29, 0.717) is 18.7 Å². The number of carbonyl (C=O) groups is 2. The molecule has 1 atom stereocenters. The number of methoxy groups -OCH3 is 1. The van der Waals surface area contributed by atoms with Gasteiger partial charge in [0.25, 0.3) is 5.91 Å². The van der Waals surface area contributed by atoms with E-state index in [4.69, 9.17) is 10.5 Å². The summed E-state index contributed by atoms with van der Waals surface area (Å²) in [6, 6.07) is 5.05. The summed E-state index contributed by atoms with van der Waals surface area (Å²) in [7, 11) is 1.51. The first-order valence-electron chi connectivity index (χ1n) is 7.94. The Balaban J connectivity index is 2.23. The van der Waals surface area contributed by atoms with Gasteiger partial charge in [-0.1, -0.05) is 17.7 Å². The number of nitrogens with one attached hydrogen (secondary N) is 1. The van der Waals surface area contributed by atoms with Crippen molar-refractivity contribution in [3.63, 3.8) is 0 Å². The molecule has 0 saturated heterocycles. The molecule has 0 fully saturated rings. The number of hydrogen-bond donors (Lipinski definition) is 2. The first-order valence-corrected chi connectivity index (χ1v) is 7.94. The van der Waals surface area contributed by atoms with Gasteiger partial charge >= 0.3 is 0 Å². The molecule has 0 aliphatic heterocycles. The molecule has 134 valence electrons. The molecule has 0 aliphatic rings. The van der Waals surface area contributed by atoms with Gasteiger partial charge in [0.1, 0.15) is 6.04 Å². The Morgan fingerprint density at radius 2 is 2.00 bits per heavy atom. The van der Waals surface area contributed by atoms with Crippen molar-refractivity contribution in [3.8, 4) is 5.69 Å². The number of nitrogens with zero attached hydrogens (tertiary/aromatic N) is 3. The number of aromatic nitrogens is 3. The van der Waals surface area contributed by atoms with Crippen LogP contribution in [0.2, 0.25) is 0 Å². The Labute approximate surface area is 146 Å². The van der Waals surface area contributed by atoms with E-state index in [1.54, 1.807) is 6.92 Å². The van der Waals surface area contributed by atoms with Crippen LogP contribution in [0.3, 0.4) is 0 Å². The monoisotopic (exact) mass is 345 g/mol. The molecule has 1 heterocycles. The van der Waals surface area contributed by atoms with Gasteiger partial charge in [-0.2, -0.15) is 9.90 Å². The summed E-state index contributed by atoms with van der Waals surface area (Å²) in [4.78, 5) is 25.3. The average Bonchev–Trinajstić information content (AvgIpc) is 2.92. The quantitative estimate of drug-likeness (QED) is 0.771. The Kier molecular flexibility index (Phi) is 5.87. The molecular weight excluding hydrogens is 322 g/mol. The van der Waals surface area contributed by atoms with Gasteiger partial charge < -0.3 is 15.8 Å². The maximum absolute atomic E-state index is 12.5. The normalized spacial score (nSPS) is 12.0. The molecular formula is C17H23N5O3. The molecule has 2 aromatic rings. The number of hydrogen-bond acceptors (Lipinski definition) is 5. The van der Waals surface area contributed by atoms with E-state index in [1.807, 2.05) is 32.0 Å². The van der Waals surface area contributed by atoms with Gasteiger partial charge in [0.2, 0.25) is 5.91 Å². The third-order valence-electron chi connectivity index (χ3n) is 3.82. The van der Waals surface area contributed by atoms with Crippen molar-refractivity contribution in [1.29, 1.82) is 0 Å². The summed E-state index contributed by atoms with van der Waals surface area (Å²) in [5.41, 5.74) is 8.86. The molecule has 25 heavy (non-hydrogen) atoms. The summed E-state index contributed by atoms with van der Waals surface area (Å²) < 4.78 is 4.93. The molecule has 2 amide bonds. The number of aryl methyl sites for hydroxylation is 3. The average molecular weight is 345 g/mol. The number of nitrogens with two attached hydrogens (primary N) is 1. The Morgan fingerprint density at radius 3 is 2.60 bits per heavy atom. The summed E-state index contributed by atoms with van der Waals surface area (Å²) >= 11 is 0. The van der Waals surface area contributed by atoms with E-state index in [1.165, 1.54) is 11.9 Å². The van der Waals surface area contributed by atoms with Gasteiger partial charge in [-0.25, -0.2) is 0 Å². The molecule has 8 heteroatoms. The predicted octanol–water partition coefficient (Wildman–Crippen LogP) is 0.813. The fourth-order valence-corrected chi connectivity index (χ4v) is 2.47. The van der Waals surface area contributed by atoms with E-state index in [-0.39, 0.29) is 5.69 Å². The SMILES string of the molecule is COCCC(NC(=O)c1nn(-c2ccc(C)cc2C)nc1C)C(N)=O. The van der Waals surface area contributed by atoms with Crippen LogP contribution < -0.4 is 11.1 Å². The van der Waals surface area contributed by atoms with Crippen LogP contribution in [-0.4, -0.2) is 46.6 Å². The van der Waals surface area contributed by atoms with Gasteiger partial charge in [0, 0.05) is 13.7 Å². The minimum absolute atomic E-state index is 0.156. The maximum Gasteiger partial charge on any atom is 0.274 e. The predicted molar refractivity (Wildman–Crippen MR) is 92.5 cm³/mol. The number of rotatable bonds is 7. The molecule has 0 aliphatic carbocycles. The highest BCUT2D eigenvalue weighted by Crippen LogP contribution is 2.15. The zero-order valence-corrected chi connectivity index (χ0v) is 14.9. The van der Waals surface area contributed by atoms with E-state index in [2.05, 4.69) is 15.5 Å². The van der Waals surface area contributed by atoms with Crippen molar-refractivity contribution >= 4 is 11.8 Å². The first kappa shape index (κ1) is 18.6. The fourth-order valence-electron chi connectivity index (χ4n) is 2.47. The van der Waals surface area contributed by atoms with E-state index < -0.39 is 17.9 Å². The largest absolute Gasteiger partial charge is 0.385 e. The van der Waals surface area contributed by atoms with Crippen molar-refractivity contribution in [2.45, 2.75) is 33.2 Å². The molecule has 2 rings (SSSR count). The van der Waals surface area contributed by atoms with Crippen LogP contribution in [0.25, 0.3) is 5.69 Å². The van der Waals surface area contributed by atoms with Crippen LogP contribution in [-0.2, 0) is 9.53 Å². The van der Waals surface area contributed by atoms with Gasteiger partial charge in [-0.15, -0.1) is 5.10 Å². The molecule has 8 nitrogen and oxygen atoms in total. The first-order chi connectivity index (χ1) is 11.8. The standard InChI is InChI=1S/C17H23N5O3/c1-10-5-6-14(11(2)9-10)22-20-12(3)15(21-22)17(24)19-13(16(18)23)7-8-25-4/h5-6,9,13H,7-8H2,1-4H3,(H2,18,23)(H,19,24).